The largest absolute Gasteiger partial charge is 0.497 e. The summed E-state index contributed by atoms with van der Waals surface area (Å²) >= 11 is 0. The maximum atomic E-state index is 12.8. The Morgan fingerprint density at radius 1 is 1.15 bits per heavy atom. The lowest BCUT2D eigenvalue weighted by Crippen LogP contribution is -2.17. The van der Waals surface area contributed by atoms with Gasteiger partial charge >= 0.3 is 5.69 Å². The average molecular weight is 551 g/mol. The lowest BCUT2D eigenvalue weighted by molar-refractivity contribution is -0.134. The van der Waals surface area contributed by atoms with E-state index < -0.39 is 17.7 Å². The SMILES string of the molecule is CC(=O)O.COCCOc1cc(OC)cc([C@H](Nc2ccc(C(=N)N)cc2)c2nn(-c3cccnn3)c(=O)[nH]2)c1. The first-order valence-electron chi connectivity index (χ1n) is 11.9. The van der Waals surface area contributed by atoms with Crippen LogP contribution in [0.5, 0.6) is 11.5 Å². The number of carbonyl (C=O) groups is 1. The molecule has 2 heterocycles. The van der Waals surface area contributed by atoms with Crippen LogP contribution in [0.15, 0.2) is 65.6 Å². The smallest absolute Gasteiger partial charge is 0.349 e. The molecule has 4 rings (SSSR count). The number of amidine groups is 1. The van der Waals surface area contributed by atoms with E-state index in [0.717, 1.165) is 17.2 Å². The highest BCUT2D eigenvalue weighted by atomic mass is 16.5. The molecule has 0 aliphatic rings. The number of nitrogens with one attached hydrogen (secondary N) is 3. The van der Waals surface area contributed by atoms with Crippen molar-refractivity contribution in [3.05, 3.63) is 88.2 Å². The van der Waals surface area contributed by atoms with Gasteiger partial charge < -0.3 is 30.4 Å². The van der Waals surface area contributed by atoms with Crippen LogP contribution in [0.25, 0.3) is 5.82 Å². The molecule has 0 fully saturated rings. The third-order valence-corrected chi connectivity index (χ3v) is 5.22. The van der Waals surface area contributed by atoms with Crippen LogP contribution < -0.4 is 26.2 Å². The quantitative estimate of drug-likeness (QED) is 0.104. The maximum Gasteiger partial charge on any atom is 0.349 e. The van der Waals surface area contributed by atoms with E-state index in [4.69, 9.17) is 35.3 Å². The number of carboxylic acid groups (broad SMARTS) is 1. The minimum absolute atomic E-state index is 0.0317. The first kappa shape index (κ1) is 29.3. The Hall–Kier alpha value is -5.24. The third-order valence-electron chi connectivity index (χ3n) is 5.22. The standard InChI is InChI=1S/C24H26N8O4.C2H4O2/c1-34-10-11-36-19-13-16(12-18(14-19)35-2)21(28-17-7-5-15(6-8-17)22(25)26)23-29-24(33)32(31-23)20-4-3-9-27-30-20;1-2(3)4/h3-9,12-14,21,28H,10-11H2,1-2H3,(H3,25,26)(H,29,31,33);1H3,(H,3,4)/t21-;/m0./s1. The molecular weight excluding hydrogens is 520 g/mol. The first-order valence-corrected chi connectivity index (χ1v) is 11.9. The summed E-state index contributed by atoms with van der Waals surface area (Å²) < 4.78 is 17.5. The van der Waals surface area contributed by atoms with E-state index in [1.54, 1.807) is 56.7 Å². The molecule has 2 aromatic carbocycles. The molecule has 14 heteroatoms. The molecule has 0 saturated carbocycles. The summed E-state index contributed by atoms with van der Waals surface area (Å²) in [5, 5.41) is 30.7. The van der Waals surface area contributed by atoms with Gasteiger partial charge in [-0.25, -0.2) is 4.79 Å². The van der Waals surface area contributed by atoms with Gasteiger partial charge in [0, 0.05) is 37.5 Å². The molecule has 4 aromatic rings. The Morgan fingerprint density at radius 3 is 2.45 bits per heavy atom. The summed E-state index contributed by atoms with van der Waals surface area (Å²) in [6.07, 6.45) is 1.51. The summed E-state index contributed by atoms with van der Waals surface area (Å²) in [4.78, 5) is 24.6. The van der Waals surface area contributed by atoms with Crippen LogP contribution in [-0.4, -0.2) is 69.3 Å². The fraction of sp³-hybridized carbons (Fsp3) is 0.231. The molecule has 6 N–H and O–H groups in total. The molecule has 0 amide bonds. The molecule has 40 heavy (non-hydrogen) atoms. The number of nitrogens with two attached hydrogens (primary N) is 1. The van der Waals surface area contributed by atoms with Gasteiger partial charge in [0.05, 0.1) is 13.7 Å². The number of rotatable bonds is 11. The number of hydrogen-bond donors (Lipinski definition) is 5. The van der Waals surface area contributed by atoms with Crippen molar-refractivity contribution in [3.63, 3.8) is 0 Å². The van der Waals surface area contributed by atoms with Gasteiger partial charge in [0.2, 0.25) is 0 Å². The minimum atomic E-state index is -0.833. The normalized spacial score (nSPS) is 11.1. The highest BCUT2D eigenvalue weighted by Gasteiger charge is 2.22. The van der Waals surface area contributed by atoms with Crippen molar-refractivity contribution in [2.24, 2.45) is 5.73 Å². The number of hydrogen-bond acceptors (Lipinski definition) is 10. The number of aliphatic carboxylic acids is 1. The van der Waals surface area contributed by atoms with Crippen LogP contribution in [0, 0.1) is 5.41 Å². The highest BCUT2D eigenvalue weighted by Crippen LogP contribution is 2.31. The van der Waals surface area contributed by atoms with Gasteiger partial charge in [0.25, 0.3) is 5.97 Å². The second kappa shape index (κ2) is 14.1. The number of aromatic nitrogens is 5. The Morgan fingerprint density at radius 2 is 1.85 bits per heavy atom. The molecule has 14 nitrogen and oxygen atoms in total. The van der Waals surface area contributed by atoms with Crippen molar-refractivity contribution < 1.29 is 24.1 Å². The van der Waals surface area contributed by atoms with Gasteiger partial charge in [0.1, 0.15) is 30.0 Å². The predicted octanol–water partition coefficient (Wildman–Crippen LogP) is 1.96. The van der Waals surface area contributed by atoms with E-state index in [0.29, 0.717) is 41.8 Å². The molecule has 0 unspecified atom stereocenters. The third kappa shape index (κ3) is 8.13. The minimum Gasteiger partial charge on any atom is -0.497 e. The number of ether oxygens (including phenoxy) is 3. The molecule has 0 bridgehead atoms. The van der Waals surface area contributed by atoms with Gasteiger partial charge in [-0.2, -0.15) is 9.78 Å². The number of benzene rings is 2. The highest BCUT2D eigenvalue weighted by molar-refractivity contribution is 5.95. The summed E-state index contributed by atoms with van der Waals surface area (Å²) in [6, 6.07) is 15.1. The molecule has 0 aliphatic heterocycles. The summed E-state index contributed by atoms with van der Waals surface area (Å²) in [5.41, 5.74) is 7.14. The van der Waals surface area contributed by atoms with Crippen molar-refractivity contribution in [1.82, 2.24) is 25.0 Å². The number of aromatic amines is 1. The number of methoxy groups -OCH3 is 2. The molecule has 1 atom stereocenters. The molecule has 0 radical (unpaired) electrons. The predicted molar refractivity (Wildman–Crippen MR) is 146 cm³/mol. The van der Waals surface area contributed by atoms with Gasteiger partial charge in [-0.3, -0.25) is 15.2 Å². The zero-order chi connectivity index (χ0) is 29.1. The molecule has 0 spiro atoms. The lowest BCUT2D eigenvalue weighted by atomic mass is 10.0. The van der Waals surface area contributed by atoms with E-state index in [1.807, 2.05) is 12.1 Å². The van der Waals surface area contributed by atoms with E-state index in [9.17, 15) is 4.79 Å². The number of carboxylic acids is 1. The van der Waals surface area contributed by atoms with E-state index >= 15 is 0 Å². The van der Waals surface area contributed by atoms with E-state index in [2.05, 4.69) is 25.6 Å². The van der Waals surface area contributed by atoms with Crippen LogP contribution in [0.1, 0.15) is 29.9 Å². The fourth-order valence-corrected chi connectivity index (χ4v) is 3.46. The van der Waals surface area contributed by atoms with Crippen LogP contribution in [0.3, 0.4) is 0 Å². The maximum absolute atomic E-state index is 12.8. The second-order valence-electron chi connectivity index (χ2n) is 8.18. The summed E-state index contributed by atoms with van der Waals surface area (Å²) in [7, 11) is 3.16. The Labute approximate surface area is 229 Å². The van der Waals surface area contributed by atoms with Crippen molar-refractivity contribution >= 4 is 17.5 Å². The van der Waals surface area contributed by atoms with Gasteiger partial charge in [0.15, 0.2) is 11.6 Å². The molecule has 2 aromatic heterocycles. The monoisotopic (exact) mass is 550 g/mol. The number of nitrogens with zero attached hydrogens (tertiary/aromatic N) is 4. The van der Waals surface area contributed by atoms with Crippen LogP contribution in [0.2, 0.25) is 0 Å². The average Bonchev–Trinajstić information content (AvgIpc) is 3.33. The topological polar surface area (TPSA) is 203 Å². The van der Waals surface area contributed by atoms with Crippen molar-refractivity contribution in [3.8, 4) is 17.3 Å². The number of H-pyrrole nitrogens is 1. The van der Waals surface area contributed by atoms with Crippen molar-refractivity contribution in [1.29, 1.82) is 5.41 Å². The number of anilines is 1. The molecular formula is C26H30N8O6. The first-order chi connectivity index (χ1) is 19.2. The summed E-state index contributed by atoms with van der Waals surface area (Å²) in [6.45, 7) is 1.86. The molecule has 210 valence electrons. The van der Waals surface area contributed by atoms with Gasteiger partial charge in [-0.05, 0) is 54.1 Å². The van der Waals surface area contributed by atoms with E-state index in [-0.39, 0.29) is 11.7 Å². The zero-order valence-corrected chi connectivity index (χ0v) is 22.1. The Bertz CT molecular complexity index is 1470. The summed E-state index contributed by atoms with van der Waals surface area (Å²) in [5.74, 6) is 0.877. The van der Waals surface area contributed by atoms with Crippen LogP contribution in [-0.2, 0) is 9.53 Å². The molecule has 0 aliphatic carbocycles. The second-order valence-corrected chi connectivity index (χ2v) is 8.18. The number of nitrogen functional groups attached to an aromatic ring is 1. The van der Waals surface area contributed by atoms with Gasteiger partial charge in [-0.15, -0.1) is 10.2 Å². The fourth-order valence-electron chi connectivity index (χ4n) is 3.46. The van der Waals surface area contributed by atoms with Crippen molar-refractivity contribution in [2.45, 2.75) is 13.0 Å². The Balaban J connectivity index is 0.00000103. The lowest BCUT2D eigenvalue weighted by Gasteiger charge is -2.20. The van der Waals surface area contributed by atoms with Crippen molar-refractivity contribution in [2.75, 3.05) is 32.8 Å². The Kier molecular flexibility index (Phi) is 10.3. The van der Waals surface area contributed by atoms with E-state index in [1.165, 1.54) is 6.20 Å². The zero-order valence-electron chi connectivity index (χ0n) is 22.1. The molecule has 0 saturated heterocycles. The van der Waals surface area contributed by atoms with Crippen LogP contribution in [0.4, 0.5) is 5.69 Å². The van der Waals surface area contributed by atoms with Crippen LogP contribution >= 0.6 is 0 Å². The van der Waals surface area contributed by atoms with Gasteiger partial charge in [-0.1, -0.05) is 0 Å².